The summed E-state index contributed by atoms with van der Waals surface area (Å²) in [5.41, 5.74) is 1.83. The monoisotopic (exact) mass is 684 g/mol. The van der Waals surface area contributed by atoms with Crippen LogP contribution in [-0.2, 0) is 27.4 Å². The summed E-state index contributed by atoms with van der Waals surface area (Å²) in [6.07, 6.45) is -1.34. The van der Waals surface area contributed by atoms with E-state index < -0.39 is 24.0 Å². The van der Waals surface area contributed by atoms with Crippen LogP contribution in [0.1, 0.15) is 50.0 Å². The van der Waals surface area contributed by atoms with Crippen molar-refractivity contribution < 1.29 is 49.4 Å². The molecule has 0 spiro atoms. The Kier molecular flexibility index (Phi) is 16.8. The van der Waals surface area contributed by atoms with E-state index in [1.165, 1.54) is 31.4 Å². The van der Waals surface area contributed by atoms with Gasteiger partial charge in [0.15, 0.2) is 17.6 Å². The van der Waals surface area contributed by atoms with E-state index in [-0.39, 0.29) is 53.5 Å². The highest BCUT2D eigenvalue weighted by Crippen LogP contribution is 2.31. The number of carboxylic acids is 3. The van der Waals surface area contributed by atoms with Gasteiger partial charge in [-0.3, -0.25) is 9.59 Å². The lowest BCUT2D eigenvalue weighted by molar-refractivity contribution is -0.147. The first-order valence-corrected chi connectivity index (χ1v) is 12.2. The van der Waals surface area contributed by atoms with Gasteiger partial charge >= 0.3 is 17.9 Å². The second kappa shape index (κ2) is 18.5. The van der Waals surface area contributed by atoms with Crippen LogP contribution in [0, 0.1) is 5.41 Å². The molecule has 0 aliphatic carbocycles. The van der Waals surface area contributed by atoms with Crippen LogP contribution >= 0.6 is 24.0 Å². The fourth-order valence-electron chi connectivity index (χ4n) is 3.10. The lowest BCUT2D eigenvalue weighted by atomic mass is 9.93. The van der Waals surface area contributed by atoms with Crippen LogP contribution < -0.4 is 9.47 Å². The minimum Gasteiger partial charge on any atom is -0.508 e. The van der Waals surface area contributed by atoms with Gasteiger partial charge in [0.2, 0.25) is 0 Å². The number of aliphatic hydroxyl groups excluding tert-OH is 1. The average Bonchev–Trinajstić information content (AvgIpc) is 2.88. The molecule has 0 aromatic heterocycles. The van der Waals surface area contributed by atoms with Gasteiger partial charge in [-0.25, -0.2) is 4.79 Å². The van der Waals surface area contributed by atoms with Crippen LogP contribution in [0.25, 0.3) is 0 Å². The van der Waals surface area contributed by atoms with E-state index in [4.69, 9.17) is 29.9 Å². The summed E-state index contributed by atoms with van der Waals surface area (Å²) >= 11 is 0. The molecule has 5 N–H and O–H groups in total. The second-order valence-corrected chi connectivity index (χ2v) is 9.79. The number of hydrogen-bond acceptors (Lipinski definition) is 7. The summed E-state index contributed by atoms with van der Waals surface area (Å²) in [4.78, 5) is 31.0. The first-order chi connectivity index (χ1) is 18.7. The maximum atomic E-state index is 10.8. The average molecular weight is 685 g/mol. The molecule has 3 rings (SSSR count). The predicted molar refractivity (Wildman–Crippen MR) is 163 cm³/mol. The Hall–Kier alpha value is -3.84. The van der Waals surface area contributed by atoms with Gasteiger partial charge in [-0.2, -0.15) is 0 Å². The molecule has 0 saturated heterocycles. The van der Waals surface area contributed by atoms with Crippen molar-refractivity contribution in [2.24, 2.45) is 5.41 Å². The van der Waals surface area contributed by atoms with E-state index >= 15 is 0 Å². The molecule has 1 atom stereocenters. The Bertz CT molecular complexity index is 1220. The number of carbonyl (C=O) groups is 3. The molecule has 0 aliphatic heterocycles. The molecule has 224 valence electrons. The molecule has 3 aromatic rings. The SMILES string of the molecule is CC(C)(C)CC(=O)O.COc1ccc(C(O)C(=O)O)cc1OCc1ccccc1.I.O=C(O)Cc1ccc(O)cc1. The number of phenolic OH excluding ortho intramolecular Hbond substituents is 1. The summed E-state index contributed by atoms with van der Waals surface area (Å²) in [7, 11) is 1.50. The lowest BCUT2D eigenvalue weighted by Gasteiger charge is -2.13. The Morgan fingerprint density at radius 1 is 0.805 bits per heavy atom. The largest absolute Gasteiger partial charge is 0.508 e. The third-order valence-electron chi connectivity index (χ3n) is 4.95. The zero-order valence-electron chi connectivity index (χ0n) is 23.3. The first-order valence-electron chi connectivity index (χ1n) is 12.2. The van der Waals surface area contributed by atoms with Gasteiger partial charge in [0.1, 0.15) is 12.4 Å². The number of carboxylic acid groups (broad SMARTS) is 3. The fourth-order valence-corrected chi connectivity index (χ4v) is 3.10. The molecular formula is C30H37IO10. The smallest absolute Gasteiger partial charge is 0.337 e. The minimum absolute atomic E-state index is 0. The Morgan fingerprint density at radius 3 is 1.83 bits per heavy atom. The van der Waals surface area contributed by atoms with E-state index in [1.807, 2.05) is 51.1 Å². The quantitative estimate of drug-likeness (QED) is 0.181. The number of ether oxygens (including phenoxy) is 2. The van der Waals surface area contributed by atoms with Crippen molar-refractivity contribution in [3.8, 4) is 17.2 Å². The normalized spacial score (nSPS) is 10.8. The van der Waals surface area contributed by atoms with Crippen LogP contribution in [0.5, 0.6) is 17.2 Å². The number of phenols is 1. The molecule has 10 nitrogen and oxygen atoms in total. The maximum Gasteiger partial charge on any atom is 0.337 e. The lowest BCUT2D eigenvalue weighted by Crippen LogP contribution is -2.11. The molecule has 0 fully saturated rings. The number of rotatable bonds is 9. The van der Waals surface area contributed by atoms with Crippen LogP contribution in [-0.4, -0.2) is 50.6 Å². The summed E-state index contributed by atoms with van der Waals surface area (Å²) in [5, 5.41) is 43.9. The van der Waals surface area contributed by atoms with E-state index in [0.717, 1.165) is 5.56 Å². The zero-order valence-corrected chi connectivity index (χ0v) is 25.6. The third-order valence-corrected chi connectivity index (χ3v) is 4.95. The summed E-state index contributed by atoms with van der Waals surface area (Å²) < 4.78 is 10.8. The van der Waals surface area contributed by atoms with Crippen molar-refractivity contribution in [1.82, 2.24) is 0 Å². The molecule has 11 heteroatoms. The van der Waals surface area contributed by atoms with Crippen LogP contribution in [0.4, 0.5) is 0 Å². The summed E-state index contributed by atoms with van der Waals surface area (Å²) in [6, 6.07) is 20.2. The van der Waals surface area contributed by atoms with E-state index in [2.05, 4.69) is 0 Å². The Labute approximate surface area is 256 Å². The maximum absolute atomic E-state index is 10.8. The predicted octanol–water partition coefficient (Wildman–Crippen LogP) is 5.54. The van der Waals surface area contributed by atoms with E-state index in [9.17, 15) is 19.5 Å². The third kappa shape index (κ3) is 16.1. The number of benzene rings is 3. The van der Waals surface area contributed by atoms with Crippen molar-refractivity contribution >= 4 is 41.9 Å². The molecule has 0 heterocycles. The van der Waals surface area contributed by atoms with Gasteiger partial charge in [0.05, 0.1) is 20.0 Å². The molecule has 0 radical (unpaired) electrons. The molecule has 0 bridgehead atoms. The Morgan fingerprint density at radius 2 is 1.39 bits per heavy atom. The highest BCUT2D eigenvalue weighted by molar-refractivity contribution is 14.0. The zero-order chi connectivity index (χ0) is 30.3. The number of halogens is 1. The summed E-state index contributed by atoms with van der Waals surface area (Å²) in [5.74, 6) is -1.88. The molecule has 0 aliphatic rings. The van der Waals surface area contributed by atoms with Gasteiger partial charge in [0.25, 0.3) is 0 Å². The van der Waals surface area contributed by atoms with Gasteiger partial charge < -0.3 is 35.0 Å². The molecule has 0 saturated carbocycles. The minimum atomic E-state index is -1.59. The molecule has 3 aromatic carbocycles. The highest BCUT2D eigenvalue weighted by atomic mass is 127. The van der Waals surface area contributed by atoms with Crippen molar-refractivity contribution in [1.29, 1.82) is 0 Å². The topological polar surface area (TPSA) is 171 Å². The number of aliphatic hydroxyl groups is 1. The second-order valence-electron chi connectivity index (χ2n) is 9.79. The van der Waals surface area contributed by atoms with Gasteiger partial charge in [-0.05, 0) is 46.4 Å². The number of aromatic hydroxyl groups is 1. The molecular weight excluding hydrogens is 647 g/mol. The highest BCUT2D eigenvalue weighted by Gasteiger charge is 2.18. The first kappa shape index (κ1) is 37.2. The van der Waals surface area contributed by atoms with Crippen LogP contribution in [0.3, 0.4) is 0 Å². The molecule has 1 unspecified atom stereocenters. The molecule has 41 heavy (non-hydrogen) atoms. The van der Waals surface area contributed by atoms with Crippen molar-refractivity contribution in [3.05, 3.63) is 89.5 Å². The van der Waals surface area contributed by atoms with Crippen molar-refractivity contribution in [3.63, 3.8) is 0 Å². The van der Waals surface area contributed by atoms with Crippen LogP contribution in [0.15, 0.2) is 72.8 Å². The Balaban J connectivity index is 0.000000672. The number of methoxy groups -OCH3 is 1. The van der Waals surface area contributed by atoms with Gasteiger partial charge in [-0.1, -0.05) is 69.3 Å². The summed E-state index contributed by atoms with van der Waals surface area (Å²) in [6.45, 7) is 6.03. The number of aliphatic carboxylic acids is 3. The van der Waals surface area contributed by atoms with Gasteiger partial charge in [-0.15, -0.1) is 24.0 Å². The fraction of sp³-hybridized carbons (Fsp3) is 0.300. The van der Waals surface area contributed by atoms with E-state index in [0.29, 0.717) is 23.7 Å². The van der Waals surface area contributed by atoms with Crippen LogP contribution in [0.2, 0.25) is 0 Å². The standard InChI is InChI=1S/C16H16O5.C8H8O3.C6H12O2.HI/c1-20-13-8-7-12(15(17)16(18)19)9-14(13)21-10-11-5-3-2-4-6-11;9-7-3-1-6(2-4-7)5-8(10)11;1-6(2,3)4-5(7)8;/h2-9,15,17H,10H2,1H3,(H,18,19);1-4,9H,5H2,(H,10,11);4H2,1-3H3,(H,7,8);1H. The van der Waals surface area contributed by atoms with Gasteiger partial charge in [0, 0.05) is 0 Å². The molecule has 0 amide bonds. The van der Waals surface area contributed by atoms with E-state index in [1.54, 1.807) is 18.2 Å². The van der Waals surface area contributed by atoms with Crippen molar-refractivity contribution in [2.75, 3.05) is 7.11 Å². The number of hydrogen-bond donors (Lipinski definition) is 5. The van der Waals surface area contributed by atoms with Crippen molar-refractivity contribution in [2.45, 2.75) is 46.3 Å².